The zero-order chi connectivity index (χ0) is 15.9. The minimum absolute atomic E-state index is 0.0525. The molecule has 4 heteroatoms. The zero-order valence-electron chi connectivity index (χ0n) is 13.2. The lowest BCUT2D eigenvalue weighted by atomic mass is 10.1. The second-order valence-corrected chi connectivity index (χ2v) is 6.25. The third-order valence-corrected chi connectivity index (χ3v) is 4.48. The van der Waals surface area contributed by atoms with Crippen LogP contribution in [-0.4, -0.2) is 25.3 Å². The Hall–Kier alpha value is -1.94. The van der Waals surface area contributed by atoms with Gasteiger partial charge in [-0.3, -0.25) is 4.79 Å². The highest BCUT2D eigenvalue weighted by molar-refractivity contribution is 7.99. The van der Waals surface area contributed by atoms with E-state index in [4.69, 9.17) is 4.74 Å². The van der Waals surface area contributed by atoms with Gasteiger partial charge < -0.3 is 10.1 Å². The zero-order valence-corrected chi connectivity index (χ0v) is 14.0. The third kappa shape index (κ3) is 4.53. The van der Waals surface area contributed by atoms with E-state index < -0.39 is 0 Å². The molecule has 1 amide bonds. The predicted octanol–water partition coefficient (Wildman–Crippen LogP) is 3.83. The van der Waals surface area contributed by atoms with Gasteiger partial charge in [-0.25, -0.2) is 0 Å². The number of hydrogen-bond acceptors (Lipinski definition) is 3. The van der Waals surface area contributed by atoms with Gasteiger partial charge in [0.15, 0.2) is 0 Å². The van der Waals surface area contributed by atoms with Crippen molar-refractivity contribution in [1.82, 2.24) is 5.32 Å². The van der Waals surface area contributed by atoms with Gasteiger partial charge in [0, 0.05) is 22.8 Å². The minimum atomic E-state index is -0.0525. The average molecular weight is 315 g/mol. The van der Waals surface area contributed by atoms with Crippen LogP contribution in [0.5, 0.6) is 5.75 Å². The van der Waals surface area contributed by atoms with E-state index in [-0.39, 0.29) is 5.91 Å². The summed E-state index contributed by atoms with van der Waals surface area (Å²) in [6.07, 6.45) is 0. The van der Waals surface area contributed by atoms with Gasteiger partial charge in [-0.15, -0.1) is 11.8 Å². The largest absolute Gasteiger partial charge is 0.497 e. The van der Waals surface area contributed by atoms with Crippen molar-refractivity contribution in [2.75, 3.05) is 19.4 Å². The van der Waals surface area contributed by atoms with E-state index in [9.17, 15) is 4.79 Å². The molecule has 1 N–H and O–H groups in total. The van der Waals surface area contributed by atoms with Crippen LogP contribution < -0.4 is 10.1 Å². The van der Waals surface area contributed by atoms with Crippen molar-refractivity contribution >= 4 is 17.7 Å². The summed E-state index contributed by atoms with van der Waals surface area (Å²) >= 11 is 1.75. The molecule has 2 aromatic carbocycles. The molecule has 22 heavy (non-hydrogen) atoms. The Morgan fingerprint density at radius 2 is 1.82 bits per heavy atom. The number of amides is 1. The molecule has 0 radical (unpaired) electrons. The molecule has 0 heterocycles. The van der Waals surface area contributed by atoms with Gasteiger partial charge in [0.1, 0.15) is 5.75 Å². The molecule has 0 saturated heterocycles. The Kier molecular flexibility index (Phi) is 5.90. The summed E-state index contributed by atoms with van der Waals surface area (Å²) in [5.74, 6) is 1.55. The number of ether oxygens (including phenoxy) is 1. The van der Waals surface area contributed by atoms with Crippen LogP contribution in [0.3, 0.4) is 0 Å². The van der Waals surface area contributed by atoms with Crippen LogP contribution in [0, 0.1) is 13.8 Å². The summed E-state index contributed by atoms with van der Waals surface area (Å²) in [6.45, 7) is 4.87. The molecule has 0 aliphatic rings. The summed E-state index contributed by atoms with van der Waals surface area (Å²) in [5, 5.41) is 2.93. The van der Waals surface area contributed by atoms with E-state index >= 15 is 0 Å². The van der Waals surface area contributed by atoms with E-state index in [1.54, 1.807) is 43.1 Å². The summed E-state index contributed by atoms with van der Waals surface area (Å²) < 4.78 is 5.08. The number of hydrogen-bond donors (Lipinski definition) is 1. The van der Waals surface area contributed by atoms with Crippen LogP contribution in [0.15, 0.2) is 47.4 Å². The lowest BCUT2D eigenvalue weighted by molar-refractivity contribution is 0.0956. The highest BCUT2D eigenvalue weighted by Crippen LogP contribution is 2.20. The van der Waals surface area contributed by atoms with Crippen LogP contribution in [-0.2, 0) is 0 Å². The minimum Gasteiger partial charge on any atom is -0.497 e. The van der Waals surface area contributed by atoms with Gasteiger partial charge in [0.05, 0.1) is 7.11 Å². The molecule has 0 atom stereocenters. The van der Waals surface area contributed by atoms with Gasteiger partial charge in [-0.1, -0.05) is 6.07 Å². The number of aryl methyl sites for hydroxylation is 2. The van der Waals surface area contributed by atoms with Gasteiger partial charge in [0.2, 0.25) is 0 Å². The Balaban J connectivity index is 1.77. The molecule has 0 unspecified atom stereocenters. The first-order chi connectivity index (χ1) is 10.6. The molecule has 0 aliphatic carbocycles. The molecule has 2 rings (SSSR count). The van der Waals surface area contributed by atoms with Crippen molar-refractivity contribution in [3.8, 4) is 5.75 Å². The first-order valence-corrected chi connectivity index (χ1v) is 8.21. The average Bonchev–Trinajstić information content (AvgIpc) is 2.54. The summed E-state index contributed by atoms with van der Waals surface area (Å²) in [7, 11) is 1.61. The van der Waals surface area contributed by atoms with Crippen molar-refractivity contribution in [2.24, 2.45) is 0 Å². The second kappa shape index (κ2) is 7.90. The molecular formula is C18H21NO2S. The quantitative estimate of drug-likeness (QED) is 0.650. The van der Waals surface area contributed by atoms with Crippen molar-refractivity contribution < 1.29 is 9.53 Å². The summed E-state index contributed by atoms with van der Waals surface area (Å²) in [6, 6.07) is 13.6. The van der Waals surface area contributed by atoms with Crippen LogP contribution in [0.2, 0.25) is 0 Å². The number of thioether (sulfide) groups is 1. The Morgan fingerprint density at radius 3 is 2.45 bits per heavy atom. The van der Waals surface area contributed by atoms with E-state index in [0.717, 1.165) is 11.5 Å². The summed E-state index contributed by atoms with van der Waals surface area (Å²) in [5.41, 5.74) is 3.25. The maximum absolute atomic E-state index is 12.0. The summed E-state index contributed by atoms with van der Waals surface area (Å²) in [4.78, 5) is 13.2. The van der Waals surface area contributed by atoms with Crippen molar-refractivity contribution in [3.05, 3.63) is 59.2 Å². The van der Waals surface area contributed by atoms with Crippen molar-refractivity contribution in [1.29, 1.82) is 0 Å². The fourth-order valence-electron chi connectivity index (χ4n) is 1.98. The Labute approximate surface area is 136 Å². The lowest BCUT2D eigenvalue weighted by Crippen LogP contribution is -2.25. The number of benzene rings is 2. The van der Waals surface area contributed by atoms with E-state index in [2.05, 4.69) is 37.4 Å². The highest BCUT2D eigenvalue weighted by Gasteiger charge is 2.05. The van der Waals surface area contributed by atoms with Gasteiger partial charge in [0.25, 0.3) is 5.91 Å². The molecule has 0 aromatic heterocycles. The highest BCUT2D eigenvalue weighted by atomic mass is 32.2. The molecule has 0 spiro atoms. The maximum atomic E-state index is 12.0. The second-order valence-electron chi connectivity index (χ2n) is 5.08. The topological polar surface area (TPSA) is 38.3 Å². The predicted molar refractivity (Wildman–Crippen MR) is 92.0 cm³/mol. The molecule has 0 saturated carbocycles. The standard InChI is InChI=1S/C18H21NO2S/c1-13-4-9-17(12-14(13)2)22-11-10-19-18(20)15-5-7-16(21-3)8-6-15/h4-9,12H,10-11H2,1-3H3,(H,19,20). The molecule has 3 nitrogen and oxygen atoms in total. The third-order valence-electron chi connectivity index (χ3n) is 3.49. The number of carbonyl (C=O) groups excluding carboxylic acids is 1. The van der Waals surface area contributed by atoms with Crippen LogP contribution in [0.1, 0.15) is 21.5 Å². The van der Waals surface area contributed by atoms with Crippen LogP contribution >= 0.6 is 11.8 Å². The van der Waals surface area contributed by atoms with Crippen molar-refractivity contribution in [2.45, 2.75) is 18.7 Å². The number of rotatable bonds is 6. The SMILES string of the molecule is COc1ccc(C(=O)NCCSc2ccc(C)c(C)c2)cc1. The molecular weight excluding hydrogens is 294 g/mol. The van der Waals surface area contributed by atoms with Gasteiger partial charge >= 0.3 is 0 Å². The van der Waals surface area contributed by atoms with E-state index in [1.807, 2.05) is 0 Å². The number of carbonyl (C=O) groups is 1. The smallest absolute Gasteiger partial charge is 0.251 e. The molecule has 0 bridgehead atoms. The monoisotopic (exact) mass is 315 g/mol. The first-order valence-electron chi connectivity index (χ1n) is 7.22. The van der Waals surface area contributed by atoms with Crippen molar-refractivity contribution in [3.63, 3.8) is 0 Å². The molecule has 116 valence electrons. The number of methoxy groups -OCH3 is 1. The van der Waals surface area contributed by atoms with E-state index in [1.165, 1.54) is 16.0 Å². The first kappa shape index (κ1) is 16.4. The maximum Gasteiger partial charge on any atom is 0.251 e. The van der Waals surface area contributed by atoms with Gasteiger partial charge in [-0.05, 0) is 61.4 Å². The molecule has 0 fully saturated rings. The van der Waals surface area contributed by atoms with Crippen LogP contribution in [0.25, 0.3) is 0 Å². The number of nitrogens with one attached hydrogen (secondary N) is 1. The molecule has 2 aromatic rings. The molecule has 0 aliphatic heterocycles. The Morgan fingerprint density at radius 1 is 1.09 bits per heavy atom. The fraction of sp³-hybridized carbons (Fsp3) is 0.278. The van der Waals surface area contributed by atoms with E-state index in [0.29, 0.717) is 12.1 Å². The lowest BCUT2D eigenvalue weighted by Gasteiger charge is -2.07. The normalized spacial score (nSPS) is 10.3. The Bertz CT molecular complexity index is 638. The van der Waals surface area contributed by atoms with Crippen LogP contribution in [0.4, 0.5) is 0 Å². The fourth-order valence-corrected chi connectivity index (χ4v) is 2.85. The van der Waals surface area contributed by atoms with Gasteiger partial charge in [-0.2, -0.15) is 0 Å².